The summed E-state index contributed by atoms with van der Waals surface area (Å²) in [4.78, 5) is 62.9. The van der Waals surface area contributed by atoms with Crippen LogP contribution in [0, 0.1) is 0 Å². The van der Waals surface area contributed by atoms with Crippen molar-refractivity contribution in [1.29, 1.82) is 0 Å². The van der Waals surface area contributed by atoms with Crippen molar-refractivity contribution in [2.45, 2.75) is 31.3 Å². The molecule has 0 spiro atoms. The minimum atomic E-state index is -1.17. The zero-order valence-corrected chi connectivity index (χ0v) is 22.1. The highest BCUT2D eigenvalue weighted by molar-refractivity contribution is 6.38. The molecule has 0 saturated carbocycles. The van der Waals surface area contributed by atoms with E-state index >= 15 is 0 Å². The Balaban J connectivity index is 1.81. The molecule has 0 saturated heterocycles. The molecule has 5 N–H and O–H groups in total. The number of methoxy groups -OCH3 is 1. The van der Waals surface area contributed by atoms with Crippen molar-refractivity contribution in [3.8, 4) is 5.75 Å². The summed E-state index contributed by atoms with van der Waals surface area (Å²) in [5.41, 5.74) is 7.18. The van der Waals surface area contributed by atoms with Crippen molar-refractivity contribution in [2.24, 2.45) is 5.73 Å². The molecule has 2 atom stereocenters. The first-order valence-corrected chi connectivity index (χ1v) is 12.7. The SMILES string of the molecule is COc1ccc([C@H](CNC(=O)CC(N)=O)C(=O)N[C@@H](Cc2ccccc2)C(=O)C(=O)NCc2ccccc2)cc1. The van der Waals surface area contributed by atoms with Gasteiger partial charge in [0.25, 0.3) is 5.91 Å². The lowest BCUT2D eigenvalue weighted by molar-refractivity contribution is -0.140. The maximum absolute atomic E-state index is 13.6. The van der Waals surface area contributed by atoms with Gasteiger partial charge in [0.1, 0.15) is 18.2 Å². The van der Waals surface area contributed by atoms with Gasteiger partial charge in [-0.25, -0.2) is 0 Å². The molecule has 0 aromatic heterocycles. The van der Waals surface area contributed by atoms with Crippen molar-refractivity contribution < 1.29 is 28.7 Å². The number of carbonyl (C=O) groups is 5. The van der Waals surface area contributed by atoms with E-state index in [9.17, 15) is 24.0 Å². The summed E-state index contributed by atoms with van der Waals surface area (Å²) in [6.07, 6.45) is -0.457. The topological polar surface area (TPSA) is 157 Å². The highest BCUT2D eigenvalue weighted by atomic mass is 16.5. The van der Waals surface area contributed by atoms with Gasteiger partial charge >= 0.3 is 0 Å². The number of amides is 4. The van der Waals surface area contributed by atoms with Gasteiger partial charge in [-0.1, -0.05) is 72.8 Å². The van der Waals surface area contributed by atoms with E-state index in [0.717, 1.165) is 11.1 Å². The molecule has 0 bridgehead atoms. The average Bonchev–Trinajstić information content (AvgIpc) is 2.96. The predicted molar refractivity (Wildman–Crippen MR) is 148 cm³/mol. The van der Waals surface area contributed by atoms with Crippen LogP contribution in [-0.2, 0) is 36.9 Å². The summed E-state index contributed by atoms with van der Waals surface area (Å²) in [6, 6.07) is 23.6. The van der Waals surface area contributed by atoms with Gasteiger partial charge in [0.15, 0.2) is 0 Å². The summed E-state index contributed by atoms with van der Waals surface area (Å²) >= 11 is 0. The Bertz CT molecular complexity index is 1310. The van der Waals surface area contributed by atoms with E-state index in [0.29, 0.717) is 11.3 Å². The normalized spacial score (nSPS) is 11.9. The molecule has 3 rings (SSSR count). The van der Waals surface area contributed by atoms with Crippen molar-refractivity contribution in [3.05, 3.63) is 102 Å². The van der Waals surface area contributed by atoms with Crippen LogP contribution in [0.2, 0.25) is 0 Å². The molecular weight excluding hydrogens is 512 g/mol. The standard InChI is InChI=1S/C30H32N4O6/c1-40-23-14-12-22(13-15-23)24(19-32-27(36)17-26(31)35)29(38)34-25(16-20-8-4-2-5-9-20)28(37)30(39)33-18-21-10-6-3-7-11-21/h2-15,24-25H,16-19H2,1H3,(H2,31,35)(H,32,36)(H,33,39)(H,34,38)/t24-,25-/m0/s1. The van der Waals surface area contributed by atoms with E-state index in [1.807, 2.05) is 36.4 Å². The molecule has 40 heavy (non-hydrogen) atoms. The van der Waals surface area contributed by atoms with Crippen molar-refractivity contribution in [2.75, 3.05) is 13.7 Å². The fourth-order valence-corrected chi connectivity index (χ4v) is 3.99. The largest absolute Gasteiger partial charge is 0.497 e. The van der Waals surface area contributed by atoms with Gasteiger partial charge in [0.05, 0.1) is 13.0 Å². The van der Waals surface area contributed by atoms with E-state index in [4.69, 9.17) is 10.5 Å². The Morgan fingerprint density at radius 1 is 0.800 bits per heavy atom. The maximum Gasteiger partial charge on any atom is 0.289 e. The van der Waals surface area contributed by atoms with Gasteiger partial charge in [-0.3, -0.25) is 24.0 Å². The minimum Gasteiger partial charge on any atom is -0.497 e. The van der Waals surface area contributed by atoms with E-state index in [-0.39, 0.29) is 19.5 Å². The Morgan fingerprint density at radius 2 is 1.40 bits per heavy atom. The summed E-state index contributed by atoms with van der Waals surface area (Å²) in [5.74, 6) is -4.06. The lowest BCUT2D eigenvalue weighted by Gasteiger charge is -2.23. The molecule has 0 radical (unpaired) electrons. The molecule has 3 aromatic carbocycles. The molecule has 0 aliphatic heterocycles. The third-order valence-corrected chi connectivity index (χ3v) is 6.11. The van der Waals surface area contributed by atoms with Crippen LogP contribution in [0.1, 0.15) is 29.0 Å². The molecule has 10 heteroatoms. The van der Waals surface area contributed by atoms with Crippen molar-refractivity contribution in [3.63, 3.8) is 0 Å². The first-order valence-electron chi connectivity index (χ1n) is 12.7. The second kappa shape index (κ2) is 14.8. The van der Waals surface area contributed by atoms with Crippen LogP contribution in [0.4, 0.5) is 0 Å². The number of nitrogens with one attached hydrogen (secondary N) is 3. The zero-order valence-electron chi connectivity index (χ0n) is 22.1. The Morgan fingerprint density at radius 3 is 1.98 bits per heavy atom. The summed E-state index contributed by atoms with van der Waals surface area (Å²) in [6.45, 7) is -0.0193. The number of carbonyl (C=O) groups excluding carboxylic acids is 5. The fraction of sp³-hybridized carbons (Fsp3) is 0.233. The zero-order chi connectivity index (χ0) is 28.9. The van der Waals surface area contributed by atoms with Crippen LogP contribution < -0.4 is 26.4 Å². The molecular formula is C30H32N4O6. The van der Waals surface area contributed by atoms with Crippen LogP contribution in [0.15, 0.2) is 84.9 Å². The third kappa shape index (κ3) is 9.09. The van der Waals surface area contributed by atoms with E-state index in [1.54, 1.807) is 48.5 Å². The minimum absolute atomic E-state index is 0.0769. The number of primary amides is 1. The highest BCUT2D eigenvalue weighted by Gasteiger charge is 2.30. The number of rotatable bonds is 14. The third-order valence-electron chi connectivity index (χ3n) is 6.11. The van der Waals surface area contributed by atoms with Crippen LogP contribution in [0.5, 0.6) is 5.75 Å². The summed E-state index contributed by atoms with van der Waals surface area (Å²) in [7, 11) is 1.51. The van der Waals surface area contributed by atoms with Crippen molar-refractivity contribution >= 4 is 29.4 Å². The molecule has 0 aliphatic rings. The maximum atomic E-state index is 13.6. The van der Waals surface area contributed by atoms with Gasteiger partial charge < -0.3 is 26.4 Å². The molecule has 208 valence electrons. The quantitative estimate of drug-likeness (QED) is 0.177. The molecule has 4 amide bonds. The molecule has 10 nitrogen and oxygen atoms in total. The average molecular weight is 545 g/mol. The Hall–Kier alpha value is -4.99. The number of hydrogen-bond donors (Lipinski definition) is 4. The second-order valence-corrected chi connectivity index (χ2v) is 9.06. The second-order valence-electron chi connectivity index (χ2n) is 9.06. The van der Waals surface area contributed by atoms with Crippen LogP contribution in [0.3, 0.4) is 0 Å². The number of hydrogen-bond acceptors (Lipinski definition) is 6. The smallest absolute Gasteiger partial charge is 0.289 e. The van der Waals surface area contributed by atoms with Gasteiger partial charge in [0.2, 0.25) is 23.5 Å². The van der Waals surface area contributed by atoms with Crippen LogP contribution in [-0.4, -0.2) is 49.1 Å². The monoisotopic (exact) mass is 544 g/mol. The number of Topliss-reactive ketones (excluding diaryl/α,β-unsaturated/α-hetero) is 1. The van der Waals surface area contributed by atoms with Gasteiger partial charge in [0, 0.05) is 19.5 Å². The lowest BCUT2D eigenvalue weighted by Crippen LogP contribution is -2.50. The first kappa shape index (κ1) is 29.6. The van der Waals surface area contributed by atoms with Crippen molar-refractivity contribution in [1.82, 2.24) is 16.0 Å². The van der Waals surface area contributed by atoms with Gasteiger partial charge in [-0.15, -0.1) is 0 Å². The number of benzene rings is 3. The van der Waals surface area contributed by atoms with E-state index in [2.05, 4.69) is 16.0 Å². The van der Waals surface area contributed by atoms with Gasteiger partial charge in [-0.05, 0) is 28.8 Å². The Kier molecular flexibility index (Phi) is 11.0. The molecule has 0 unspecified atom stereocenters. The highest BCUT2D eigenvalue weighted by Crippen LogP contribution is 2.20. The number of ketones is 1. The van der Waals surface area contributed by atoms with E-state index < -0.39 is 47.8 Å². The van der Waals surface area contributed by atoms with Crippen LogP contribution in [0.25, 0.3) is 0 Å². The fourth-order valence-electron chi connectivity index (χ4n) is 3.99. The summed E-state index contributed by atoms with van der Waals surface area (Å²) < 4.78 is 5.18. The Labute approximate surface area is 232 Å². The molecule has 0 heterocycles. The lowest BCUT2D eigenvalue weighted by atomic mass is 9.95. The molecule has 0 aliphatic carbocycles. The number of nitrogens with two attached hydrogens (primary N) is 1. The van der Waals surface area contributed by atoms with Crippen LogP contribution >= 0.6 is 0 Å². The molecule has 3 aromatic rings. The predicted octanol–water partition coefficient (Wildman–Crippen LogP) is 1.38. The number of ether oxygens (including phenoxy) is 1. The van der Waals surface area contributed by atoms with E-state index in [1.165, 1.54) is 7.11 Å². The molecule has 0 fully saturated rings. The van der Waals surface area contributed by atoms with Gasteiger partial charge in [-0.2, -0.15) is 0 Å². The summed E-state index contributed by atoms with van der Waals surface area (Å²) in [5, 5.41) is 7.87. The first-order chi connectivity index (χ1) is 19.3.